The lowest BCUT2D eigenvalue weighted by molar-refractivity contribution is 0.0600. The number of hydrogen-bond acceptors (Lipinski definition) is 7. The minimum Gasteiger partial charge on any atom is -0.465 e. The van der Waals surface area contributed by atoms with Gasteiger partial charge in [0.25, 0.3) is 0 Å². The van der Waals surface area contributed by atoms with Crippen LogP contribution in [-0.4, -0.2) is 42.1 Å². The smallest absolute Gasteiger partial charge is 0.337 e. The molecule has 0 radical (unpaired) electrons. The summed E-state index contributed by atoms with van der Waals surface area (Å²) in [6.07, 6.45) is 0. The van der Waals surface area contributed by atoms with E-state index in [2.05, 4.69) is 30.1 Å². The molecule has 0 aliphatic carbocycles. The zero-order valence-corrected chi connectivity index (χ0v) is 11.9. The average Bonchev–Trinajstić information content (AvgIpc) is 2.98. The normalized spacial score (nSPS) is 11.3. The fourth-order valence-corrected chi connectivity index (χ4v) is 2.64. The maximum Gasteiger partial charge on any atom is 0.337 e. The molecule has 9 nitrogen and oxygen atoms in total. The van der Waals surface area contributed by atoms with Crippen LogP contribution in [0.4, 0.5) is 0 Å². The Hall–Kier alpha value is -2.33. The van der Waals surface area contributed by atoms with Gasteiger partial charge in [-0.15, -0.1) is 10.2 Å². The lowest BCUT2D eigenvalue weighted by Gasteiger charge is -2.05. The molecule has 1 aromatic carbocycles. The van der Waals surface area contributed by atoms with Crippen molar-refractivity contribution in [3.05, 3.63) is 41.2 Å². The number of methoxy groups -OCH3 is 1. The average molecular weight is 311 g/mol. The molecule has 2 rings (SSSR count). The number of rotatable bonds is 6. The topological polar surface area (TPSA) is 127 Å². The molecule has 0 atom stereocenters. The lowest BCUT2D eigenvalue weighted by atomic mass is 10.1. The molecule has 0 aliphatic heterocycles. The van der Waals surface area contributed by atoms with E-state index < -0.39 is 16.0 Å². The van der Waals surface area contributed by atoms with Crippen molar-refractivity contribution in [3.63, 3.8) is 0 Å². The van der Waals surface area contributed by atoms with Gasteiger partial charge in [-0.2, -0.15) is 5.21 Å². The Bertz CT molecular complexity index is 697. The number of nitrogens with one attached hydrogen (secondary N) is 2. The first-order valence-corrected chi connectivity index (χ1v) is 7.52. The summed E-state index contributed by atoms with van der Waals surface area (Å²) in [4.78, 5) is 11.3. The maximum absolute atomic E-state index is 11.9. The number of hydrogen-bond donors (Lipinski definition) is 2. The summed E-state index contributed by atoms with van der Waals surface area (Å²) < 4.78 is 30.7. The van der Waals surface area contributed by atoms with Gasteiger partial charge in [0.2, 0.25) is 10.0 Å². The molecule has 0 amide bonds. The van der Waals surface area contributed by atoms with Gasteiger partial charge in [0, 0.05) is 0 Å². The van der Waals surface area contributed by atoms with Crippen LogP contribution in [0.25, 0.3) is 0 Å². The van der Waals surface area contributed by atoms with E-state index in [-0.39, 0.29) is 18.1 Å². The number of tetrazole rings is 1. The maximum atomic E-state index is 11.9. The molecular weight excluding hydrogens is 298 g/mol. The van der Waals surface area contributed by atoms with Gasteiger partial charge in [0.05, 0.1) is 25.0 Å². The van der Waals surface area contributed by atoms with Crippen molar-refractivity contribution < 1.29 is 17.9 Å². The van der Waals surface area contributed by atoms with Crippen molar-refractivity contribution in [3.8, 4) is 0 Å². The second-order valence-corrected chi connectivity index (χ2v) is 5.90. The number of esters is 1. The van der Waals surface area contributed by atoms with Crippen LogP contribution in [-0.2, 0) is 27.1 Å². The summed E-state index contributed by atoms with van der Waals surface area (Å²) in [5, 5.41) is 12.8. The van der Waals surface area contributed by atoms with E-state index in [0.717, 1.165) is 0 Å². The van der Waals surface area contributed by atoms with Crippen molar-refractivity contribution in [2.75, 3.05) is 7.11 Å². The third-order valence-electron chi connectivity index (χ3n) is 2.57. The monoisotopic (exact) mass is 311 g/mol. The third-order valence-corrected chi connectivity index (χ3v) is 3.87. The van der Waals surface area contributed by atoms with Crippen LogP contribution >= 0.6 is 0 Å². The number of carbonyl (C=O) groups is 1. The van der Waals surface area contributed by atoms with Crippen molar-refractivity contribution in [2.24, 2.45) is 0 Å². The quantitative estimate of drug-likeness (QED) is 0.695. The molecule has 1 heterocycles. The Labute approximate surface area is 120 Å². The zero-order chi connectivity index (χ0) is 15.3. The fourth-order valence-electron chi connectivity index (χ4n) is 1.56. The molecule has 21 heavy (non-hydrogen) atoms. The predicted molar refractivity (Wildman–Crippen MR) is 71.4 cm³/mol. The van der Waals surface area contributed by atoms with E-state index in [1.807, 2.05) is 0 Å². The first-order chi connectivity index (χ1) is 10.00. The summed E-state index contributed by atoms with van der Waals surface area (Å²) >= 11 is 0. The Kier molecular flexibility index (Phi) is 4.60. The van der Waals surface area contributed by atoms with Gasteiger partial charge in [-0.05, 0) is 17.7 Å². The van der Waals surface area contributed by atoms with E-state index >= 15 is 0 Å². The highest BCUT2D eigenvalue weighted by Crippen LogP contribution is 2.09. The summed E-state index contributed by atoms with van der Waals surface area (Å²) in [6.45, 7) is -0.0426. The number of H-pyrrole nitrogens is 1. The molecular formula is C11H13N5O4S. The Morgan fingerprint density at radius 3 is 2.62 bits per heavy atom. The highest BCUT2D eigenvalue weighted by Gasteiger charge is 2.13. The highest BCUT2D eigenvalue weighted by atomic mass is 32.2. The van der Waals surface area contributed by atoms with Crippen molar-refractivity contribution in [2.45, 2.75) is 12.3 Å². The number of benzene rings is 1. The van der Waals surface area contributed by atoms with E-state index in [1.54, 1.807) is 12.1 Å². The van der Waals surface area contributed by atoms with Crippen LogP contribution in [0.1, 0.15) is 21.7 Å². The molecule has 0 spiro atoms. The zero-order valence-electron chi connectivity index (χ0n) is 11.1. The van der Waals surface area contributed by atoms with Gasteiger partial charge < -0.3 is 4.74 Å². The number of aromatic amines is 1. The summed E-state index contributed by atoms with van der Waals surface area (Å²) in [5.74, 6) is -0.439. The number of ether oxygens (including phenoxy) is 1. The van der Waals surface area contributed by atoms with Crippen LogP contribution in [0.5, 0.6) is 0 Å². The fraction of sp³-hybridized carbons (Fsp3) is 0.273. The Balaban J connectivity index is 1.98. The number of sulfonamides is 1. The molecule has 2 aromatic rings. The van der Waals surface area contributed by atoms with Gasteiger partial charge in [0.15, 0.2) is 5.82 Å². The largest absolute Gasteiger partial charge is 0.465 e. The third kappa shape index (κ3) is 4.33. The molecule has 0 aliphatic rings. The van der Waals surface area contributed by atoms with E-state index in [9.17, 15) is 13.2 Å². The number of nitrogens with zero attached hydrogens (tertiary/aromatic N) is 3. The molecule has 112 valence electrons. The minimum absolute atomic E-state index is 0.0426. The van der Waals surface area contributed by atoms with E-state index in [1.165, 1.54) is 19.2 Å². The van der Waals surface area contributed by atoms with E-state index in [0.29, 0.717) is 11.1 Å². The Morgan fingerprint density at radius 1 is 1.33 bits per heavy atom. The standard InChI is InChI=1S/C11H13N5O4S/c1-20-11(17)9-4-2-8(3-5-9)7-21(18,19)12-6-10-13-15-16-14-10/h2-5,12H,6-7H2,1H3,(H,13,14,15,16). The predicted octanol–water partition coefficient (Wildman–Crippen LogP) is -0.394. The second kappa shape index (κ2) is 6.41. The molecule has 0 fully saturated rings. The van der Waals surface area contributed by atoms with Crippen molar-refractivity contribution in [1.29, 1.82) is 0 Å². The van der Waals surface area contributed by atoms with Crippen LogP contribution < -0.4 is 4.72 Å². The van der Waals surface area contributed by atoms with Gasteiger partial charge in [-0.25, -0.2) is 17.9 Å². The van der Waals surface area contributed by atoms with Gasteiger partial charge >= 0.3 is 5.97 Å². The van der Waals surface area contributed by atoms with Gasteiger partial charge in [0.1, 0.15) is 0 Å². The van der Waals surface area contributed by atoms with Crippen LogP contribution in [0.2, 0.25) is 0 Å². The SMILES string of the molecule is COC(=O)c1ccc(CS(=O)(=O)NCc2nn[nH]n2)cc1. The van der Waals surface area contributed by atoms with Crippen molar-refractivity contribution in [1.82, 2.24) is 25.3 Å². The van der Waals surface area contributed by atoms with Crippen molar-refractivity contribution >= 4 is 16.0 Å². The number of aromatic nitrogens is 4. The van der Waals surface area contributed by atoms with Gasteiger partial charge in [-0.1, -0.05) is 17.3 Å². The lowest BCUT2D eigenvalue weighted by Crippen LogP contribution is -2.25. The summed E-state index contributed by atoms with van der Waals surface area (Å²) in [7, 11) is -2.26. The first kappa shape index (κ1) is 15.1. The van der Waals surface area contributed by atoms with Crippen LogP contribution in [0.3, 0.4) is 0 Å². The molecule has 0 saturated carbocycles. The van der Waals surface area contributed by atoms with Crippen LogP contribution in [0, 0.1) is 0 Å². The molecule has 0 unspecified atom stereocenters. The minimum atomic E-state index is -3.54. The molecule has 0 bridgehead atoms. The van der Waals surface area contributed by atoms with Gasteiger partial charge in [-0.3, -0.25) is 0 Å². The molecule has 2 N–H and O–H groups in total. The summed E-state index contributed by atoms with van der Waals surface area (Å²) in [6, 6.07) is 6.13. The second-order valence-electron chi connectivity index (χ2n) is 4.10. The first-order valence-electron chi connectivity index (χ1n) is 5.87. The number of carbonyl (C=O) groups excluding carboxylic acids is 1. The summed E-state index contributed by atoms with van der Waals surface area (Å²) in [5.41, 5.74) is 0.904. The molecule has 10 heteroatoms. The van der Waals surface area contributed by atoms with E-state index in [4.69, 9.17) is 0 Å². The molecule has 0 saturated heterocycles. The van der Waals surface area contributed by atoms with Crippen LogP contribution in [0.15, 0.2) is 24.3 Å². The highest BCUT2D eigenvalue weighted by molar-refractivity contribution is 7.88. The Morgan fingerprint density at radius 2 is 2.05 bits per heavy atom. The molecule has 1 aromatic heterocycles.